The van der Waals surface area contributed by atoms with Crippen LogP contribution in [0.3, 0.4) is 0 Å². The normalized spacial score (nSPS) is 14.2. The van der Waals surface area contributed by atoms with E-state index in [1.807, 2.05) is 42.5 Å². The Kier molecular flexibility index (Phi) is 7.13. The van der Waals surface area contributed by atoms with Gasteiger partial charge >= 0.3 is 0 Å². The minimum atomic E-state index is -3.09. The lowest BCUT2D eigenvalue weighted by Gasteiger charge is -2.15. The van der Waals surface area contributed by atoms with E-state index >= 15 is 0 Å². The van der Waals surface area contributed by atoms with Crippen LogP contribution in [0.5, 0.6) is 0 Å². The second-order valence-corrected chi connectivity index (χ2v) is 7.15. The standard InChI is InChI=1S/C19H21FNO2P/c1-2-23-24(22,21-16-18-11-13-19(20)14-12-18)15-7-6-10-17-8-4-3-5-9-17/h3-15H,2,16H2,1H3,(H,21,22)/b10-6+,15-7+. The van der Waals surface area contributed by atoms with Crippen LogP contribution in [0.2, 0.25) is 0 Å². The third-order valence-electron chi connectivity index (χ3n) is 3.22. The third-order valence-corrected chi connectivity index (χ3v) is 5.02. The molecule has 126 valence electrons. The van der Waals surface area contributed by atoms with Crippen LogP contribution >= 0.6 is 7.52 Å². The van der Waals surface area contributed by atoms with Gasteiger partial charge in [-0.1, -0.05) is 60.7 Å². The lowest BCUT2D eigenvalue weighted by atomic mass is 10.2. The summed E-state index contributed by atoms with van der Waals surface area (Å²) in [7, 11) is -3.09. The van der Waals surface area contributed by atoms with Gasteiger partial charge in [-0.25, -0.2) is 9.48 Å². The minimum Gasteiger partial charge on any atom is -0.315 e. The zero-order valence-electron chi connectivity index (χ0n) is 13.6. The van der Waals surface area contributed by atoms with Crippen LogP contribution < -0.4 is 5.09 Å². The predicted molar refractivity (Wildman–Crippen MR) is 97.1 cm³/mol. The summed E-state index contributed by atoms with van der Waals surface area (Å²) in [5.74, 6) is 1.25. The first-order valence-corrected chi connectivity index (χ1v) is 9.45. The van der Waals surface area contributed by atoms with Crippen molar-refractivity contribution in [2.45, 2.75) is 13.5 Å². The van der Waals surface area contributed by atoms with Crippen molar-refractivity contribution in [3.63, 3.8) is 0 Å². The van der Waals surface area contributed by atoms with Crippen LogP contribution in [0.15, 0.2) is 72.6 Å². The van der Waals surface area contributed by atoms with Crippen LogP contribution in [-0.4, -0.2) is 6.61 Å². The fraction of sp³-hybridized carbons (Fsp3) is 0.158. The van der Waals surface area contributed by atoms with E-state index in [0.29, 0.717) is 13.2 Å². The van der Waals surface area contributed by atoms with E-state index in [-0.39, 0.29) is 5.82 Å². The van der Waals surface area contributed by atoms with Crippen LogP contribution in [0.1, 0.15) is 18.1 Å². The number of hydrogen-bond donors (Lipinski definition) is 1. The van der Waals surface area contributed by atoms with E-state index in [1.165, 1.54) is 12.1 Å². The molecule has 0 spiro atoms. The Hall–Kier alpha value is -2.00. The van der Waals surface area contributed by atoms with E-state index in [9.17, 15) is 8.96 Å². The molecule has 2 rings (SSSR count). The quantitative estimate of drug-likeness (QED) is 0.516. The van der Waals surface area contributed by atoms with Crippen LogP contribution in [0.25, 0.3) is 6.08 Å². The fourth-order valence-electron chi connectivity index (χ4n) is 2.03. The molecule has 1 unspecified atom stereocenters. The Morgan fingerprint density at radius 1 is 1.08 bits per heavy atom. The fourth-order valence-corrected chi connectivity index (χ4v) is 3.43. The van der Waals surface area contributed by atoms with Crippen LogP contribution in [0, 0.1) is 5.82 Å². The van der Waals surface area contributed by atoms with E-state index < -0.39 is 7.52 Å². The first-order chi connectivity index (χ1) is 11.6. The molecule has 0 saturated carbocycles. The molecule has 0 amide bonds. The average molecular weight is 345 g/mol. The van der Waals surface area contributed by atoms with Gasteiger partial charge in [-0.15, -0.1) is 0 Å². The maximum atomic E-state index is 12.9. The van der Waals surface area contributed by atoms with Crippen molar-refractivity contribution in [1.29, 1.82) is 0 Å². The third kappa shape index (κ3) is 6.25. The Bertz CT molecular complexity index is 727. The zero-order valence-corrected chi connectivity index (χ0v) is 14.5. The minimum absolute atomic E-state index is 0.294. The molecule has 0 saturated heterocycles. The van der Waals surface area contributed by atoms with Crippen molar-refractivity contribution in [2.75, 3.05) is 6.61 Å². The lowest BCUT2D eigenvalue weighted by Crippen LogP contribution is -2.11. The molecule has 2 aromatic rings. The van der Waals surface area contributed by atoms with Crippen molar-refractivity contribution in [3.8, 4) is 0 Å². The van der Waals surface area contributed by atoms with Crippen molar-refractivity contribution >= 4 is 13.6 Å². The van der Waals surface area contributed by atoms with Crippen molar-refractivity contribution in [3.05, 3.63) is 89.5 Å². The number of rotatable bonds is 8. The van der Waals surface area contributed by atoms with Gasteiger partial charge in [-0.2, -0.15) is 0 Å². The molecule has 0 aliphatic heterocycles. The van der Waals surface area contributed by atoms with Crippen LogP contribution in [-0.2, 0) is 15.6 Å². The second-order valence-electron chi connectivity index (χ2n) is 5.09. The smallest absolute Gasteiger partial charge is 0.292 e. The van der Waals surface area contributed by atoms with E-state index in [4.69, 9.17) is 4.52 Å². The highest BCUT2D eigenvalue weighted by Crippen LogP contribution is 2.44. The first kappa shape index (κ1) is 18.3. The number of halogens is 1. The summed E-state index contributed by atoms with van der Waals surface area (Å²) in [4.78, 5) is 0. The Labute approximate surface area is 142 Å². The molecule has 5 heteroatoms. The average Bonchev–Trinajstić information content (AvgIpc) is 2.60. The number of nitrogens with one attached hydrogen (secondary N) is 1. The van der Waals surface area contributed by atoms with E-state index in [0.717, 1.165) is 11.1 Å². The SMILES string of the molecule is CCOP(=O)(/C=C/C=C/c1ccccc1)NCc1ccc(F)cc1. The molecular formula is C19H21FNO2P. The largest absolute Gasteiger partial charge is 0.315 e. The topological polar surface area (TPSA) is 38.3 Å². The summed E-state index contributed by atoms with van der Waals surface area (Å²) >= 11 is 0. The molecule has 0 radical (unpaired) electrons. The van der Waals surface area contributed by atoms with E-state index in [1.54, 1.807) is 30.9 Å². The van der Waals surface area contributed by atoms with Crippen molar-refractivity contribution in [1.82, 2.24) is 5.09 Å². The van der Waals surface area contributed by atoms with E-state index in [2.05, 4.69) is 5.09 Å². The van der Waals surface area contributed by atoms with Gasteiger partial charge < -0.3 is 4.52 Å². The van der Waals surface area contributed by atoms with Gasteiger partial charge in [-0.3, -0.25) is 4.57 Å². The summed E-state index contributed by atoms with van der Waals surface area (Å²) in [5.41, 5.74) is 1.90. The first-order valence-electron chi connectivity index (χ1n) is 7.76. The molecule has 0 aliphatic rings. The number of benzene rings is 2. The molecule has 24 heavy (non-hydrogen) atoms. The molecule has 1 atom stereocenters. The Morgan fingerprint density at radius 3 is 2.46 bits per heavy atom. The van der Waals surface area contributed by atoms with Crippen LogP contribution in [0.4, 0.5) is 4.39 Å². The molecule has 0 bridgehead atoms. The van der Waals surface area contributed by atoms with Gasteiger partial charge in [0, 0.05) is 12.4 Å². The molecule has 0 fully saturated rings. The summed E-state index contributed by atoms with van der Waals surface area (Å²) < 4.78 is 31.0. The summed E-state index contributed by atoms with van der Waals surface area (Å²) in [5, 5.41) is 2.92. The monoisotopic (exact) mass is 345 g/mol. The highest BCUT2D eigenvalue weighted by molar-refractivity contribution is 7.60. The molecule has 0 aliphatic carbocycles. The molecule has 2 aromatic carbocycles. The maximum absolute atomic E-state index is 12.9. The van der Waals surface area contributed by atoms with Gasteiger partial charge in [0.05, 0.1) is 6.61 Å². The zero-order chi connectivity index (χ0) is 17.3. The summed E-state index contributed by atoms with van der Waals surface area (Å²) in [6, 6.07) is 15.9. The highest BCUT2D eigenvalue weighted by Gasteiger charge is 2.17. The molecular weight excluding hydrogens is 324 g/mol. The van der Waals surface area contributed by atoms with Crippen molar-refractivity contribution < 1.29 is 13.5 Å². The van der Waals surface area contributed by atoms with Gasteiger partial charge in [-0.05, 0) is 30.2 Å². The Balaban J connectivity index is 1.98. The molecule has 1 N–H and O–H groups in total. The molecule has 0 heterocycles. The molecule has 0 aromatic heterocycles. The van der Waals surface area contributed by atoms with Gasteiger partial charge in [0.1, 0.15) is 5.82 Å². The van der Waals surface area contributed by atoms with Gasteiger partial charge in [0.2, 0.25) is 0 Å². The molecule has 3 nitrogen and oxygen atoms in total. The van der Waals surface area contributed by atoms with Gasteiger partial charge in [0.25, 0.3) is 7.52 Å². The number of hydrogen-bond acceptors (Lipinski definition) is 2. The second kappa shape index (κ2) is 9.33. The lowest BCUT2D eigenvalue weighted by molar-refractivity contribution is 0.331. The number of allylic oxidation sites excluding steroid dienone is 2. The highest BCUT2D eigenvalue weighted by atomic mass is 31.2. The Morgan fingerprint density at radius 2 is 1.79 bits per heavy atom. The van der Waals surface area contributed by atoms with Gasteiger partial charge in [0.15, 0.2) is 0 Å². The summed E-state index contributed by atoms with van der Waals surface area (Å²) in [6.45, 7) is 2.46. The predicted octanol–water partition coefficient (Wildman–Crippen LogP) is 5.37. The summed E-state index contributed by atoms with van der Waals surface area (Å²) in [6.07, 6.45) is 5.45. The maximum Gasteiger partial charge on any atom is 0.292 e. The van der Waals surface area contributed by atoms with Crippen molar-refractivity contribution in [2.24, 2.45) is 0 Å².